The van der Waals surface area contributed by atoms with E-state index in [-0.39, 0.29) is 17.5 Å². The first-order chi connectivity index (χ1) is 18.1. The molecule has 4 aliphatic rings. The molecule has 4 aromatic rings. The van der Waals surface area contributed by atoms with Gasteiger partial charge in [0.2, 0.25) is 0 Å². The lowest BCUT2D eigenvalue weighted by atomic mass is 9.83. The molecule has 4 saturated heterocycles. The summed E-state index contributed by atoms with van der Waals surface area (Å²) >= 11 is 0. The van der Waals surface area contributed by atoms with Gasteiger partial charge in [-0.2, -0.15) is 0 Å². The van der Waals surface area contributed by atoms with Gasteiger partial charge in [0.1, 0.15) is 11.6 Å². The topological polar surface area (TPSA) is 78.0 Å². The van der Waals surface area contributed by atoms with Gasteiger partial charge in [-0.3, -0.25) is 14.7 Å². The molecule has 2 aromatic carbocycles. The van der Waals surface area contributed by atoms with Crippen molar-refractivity contribution >= 4 is 21.9 Å². The first-order valence-corrected chi connectivity index (χ1v) is 13.6. The number of benzene rings is 2. The standard InChI is InChI=1S/C29H33FN6O/c30-20-5-7-26-19(15-20)16-22(28-33-23-3-1-2-4-24(23)34-28)29(37)36(26)27-8-6-21(9-12-31-27)32-25-17-35-13-10-18(25)11-14-35/h1-5,7,15-16,18,21,25,27,31-32H,6,8-14,17H2,(H,33,34)/t21?,25-,27?/m1/s1. The maximum atomic E-state index is 14.3. The Morgan fingerprint density at radius 1 is 1.00 bits per heavy atom. The number of imidazole rings is 1. The third-order valence-electron chi connectivity index (χ3n) is 8.72. The molecule has 3 atom stereocenters. The number of para-hydroxylation sites is 2. The molecule has 2 aromatic heterocycles. The Balaban J connectivity index is 1.21. The molecular formula is C29H33FN6O. The molecule has 2 unspecified atom stereocenters. The van der Waals surface area contributed by atoms with Crippen molar-refractivity contribution in [3.63, 3.8) is 0 Å². The summed E-state index contributed by atoms with van der Waals surface area (Å²) in [7, 11) is 0. The summed E-state index contributed by atoms with van der Waals surface area (Å²) in [6, 6.07) is 15.2. The fourth-order valence-electron chi connectivity index (χ4n) is 6.75. The minimum Gasteiger partial charge on any atom is -0.338 e. The van der Waals surface area contributed by atoms with Crippen molar-refractivity contribution in [3.05, 3.63) is 64.7 Å². The summed E-state index contributed by atoms with van der Waals surface area (Å²) in [6.45, 7) is 4.48. The predicted octanol–water partition coefficient (Wildman–Crippen LogP) is 4.01. The molecular weight excluding hydrogens is 467 g/mol. The van der Waals surface area contributed by atoms with E-state index >= 15 is 0 Å². The van der Waals surface area contributed by atoms with E-state index in [0.717, 1.165) is 54.8 Å². The van der Waals surface area contributed by atoms with E-state index in [2.05, 4.69) is 25.5 Å². The second-order valence-corrected chi connectivity index (χ2v) is 11.0. The molecule has 6 heterocycles. The summed E-state index contributed by atoms with van der Waals surface area (Å²) < 4.78 is 16.1. The number of pyridine rings is 1. The lowest BCUT2D eigenvalue weighted by Gasteiger charge is -2.46. The average molecular weight is 501 g/mol. The summed E-state index contributed by atoms with van der Waals surface area (Å²) in [5.41, 5.74) is 2.77. The number of H-pyrrole nitrogens is 1. The molecule has 4 fully saturated rings. The highest BCUT2D eigenvalue weighted by Crippen LogP contribution is 2.30. The number of piperidine rings is 3. The number of aromatic nitrogens is 3. The number of hydrogen-bond donors (Lipinski definition) is 3. The van der Waals surface area contributed by atoms with Gasteiger partial charge in [0.05, 0.1) is 28.3 Å². The third kappa shape index (κ3) is 4.27. The summed E-state index contributed by atoms with van der Waals surface area (Å²) in [5, 5.41) is 8.32. The van der Waals surface area contributed by atoms with Crippen LogP contribution in [0.3, 0.4) is 0 Å². The Kier molecular flexibility index (Phi) is 5.83. The third-order valence-corrected chi connectivity index (χ3v) is 8.72. The SMILES string of the molecule is O=c1c(-c2nc3ccccc3[nH]2)cc2cc(F)ccc2n1C1CCC(N[C@@H]2CN3CCC2CC3)CCN1. The van der Waals surface area contributed by atoms with Gasteiger partial charge >= 0.3 is 0 Å². The zero-order chi connectivity index (χ0) is 24.9. The molecule has 0 aliphatic carbocycles. The lowest BCUT2D eigenvalue weighted by Crippen LogP contribution is -2.58. The fourth-order valence-corrected chi connectivity index (χ4v) is 6.75. The van der Waals surface area contributed by atoms with Crippen LogP contribution in [-0.4, -0.2) is 57.7 Å². The molecule has 0 radical (unpaired) electrons. The fraction of sp³-hybridized carbons (Fsp3) is 0.448. The Hall–Kier alpha value is -3.07. The maximum absolute atomic E-state index is 14.3. The lowest BCUT2D eigenvalue weighted by molar-refractivity contribution is 0.0660. The second-order valence-electron chi connectivity index (χ2n) is 11.0. The highest BCUT2D eigenvalue weighted by atomic mass is 19.1. The van der Waals surface area contributed by atoms with E-state index in [1.54, 1.807) is 12.1 Å². The van der Waals surface area contributed by atoms with E-state index < -0.39 is 0 Å². The van der Waals surface area contributed by atoms with Crippen molar-refractivity contribution in [3.8, 4) is 11.4 Å². The molecule has 8 heteroatoms. The monoisotopic (exact) mass is 500 g/mol. The van der Waals surface area contributed by atoms with Gasteiger partial charge < -0.3 is 15.2 Å². The predicted molar refractivity (Wildman–Crippen MR) is 144 cm³/mol. The van der Waals surface area contributed by atoms with Crippen molar-refractivity contribution in [2.75, 3.05) is 26.2 Å². The Morgan fingerprint density at radius 2 is 1.86 bits per heavy atom. The number of nitrogens with zero attached hydrogens (tertiary/aromatic N) is 3. The quantitative estimate of drug-likeness (QED) is 0.395. The average Bonchev–Trinajstić information content (AvgIpc) is 3.22. The van der Waals surface area contributed by atoms with E-state index in [9.17, 15) is 9.18 Å². The Bertz CT molecular complexity index is 1470. The molecule has 0 amide bonds. The normalized spacial score (nSPS) is 28.1. The molecule has 0 saturated carbocycles. The van der Waals surface area contributed by atoms with Crippen LogP contribution in [0.2, 0.25) is 0 Å². The molecule has 37 heavy (non-hydrogen) atoms. The Morgan fingerprint density at radius 3 is 2.68 bits per heavy atom. The maximum Gasteiger partial charge on any atom is 0.263 e. The first-order valence-electron chi connectivity index (χ1n) is 13.6. The van der Waals surface area contributed by atoms with Gasteiger partial charge in [-0.1, -0.05) is 12.1 Å². The number of hydrogen-bond acceptors (Lipinski definition) is 5. The van der Waals surface area contributed by atoms with Crippen LogP contribution in [0, 0.1) is 11.7 Å². The van der Waals surface area contributed by atoms with Gasteiger partial charge in [-0.05, 0) is 94.1 Å². The highest BCUT2D eigenvalue weighted by molar-refractivity contribution is 5.85. The molecule has 2 bridgehead atoms. The van der Waals surface area contributed by atoms with Gasteiger partial charge in [0, 0.05) is 24.0 Å². The Labute approximate surface area is 215 Å². The van der Waals surface area contributed by atoms with Crippen LogP contribution in [0.1, 0.15) is 38.3 Å². The van der Waals surface area contributed by atoms with E-state index in [0.29, 0.717) is 28.9 Å². The molecule has 4 aliphatic heterocycles. The number of nitrogens with one attached hydrogen (secondary N) is 3. The van der Waals surface area contributed by atoms with Crippen molar-refractivity contribution in [2.45, 2.75) is 50.4 Å². The number of fused-ring (bicyclic) bond motifs is 5. The van der Waals surface area contributed by atoms with Crippen molar-refractivity contribution in [1.82, 2.24) is 30.1 Å². The van der Waals surface area contributed by atoms with E-state index in [4.69, 9.17) is 0 Å². The van der Waals surface area contributed by atoms with Gasteiger partial charge in [0.25, 0.3) is 5.56 Å². The molecule has 3 N–H and O–H groups in total. The van der Waals surface area contributed by atoms with Crippen molar-refractivity contribution in [2.24, 2.45) is 5.92 Å². The van der Waals surface area contributed by atoms with Crippen LogP contribution in [-0.2, 0) is 0 Å². The van der Waals surface area contributed by atoms with E-state index in [1.165, 1.54) is 38.1 Å². The number of halogens is 1. The van der Waals surface area contributed by atoms with Crippen LogP contribution >= 0.6 is 0 Å². The van der Waals surface area contributed by atoms with Crippen LogP contribution < -0.4 is 16.2 Å². The molecule has 8 rings (SSSR count). The first kappa shape index (κ1) is 23.1. The van der Waals surface area contributed by atoms with Crippen LogP contribution in [0.4, 0.5) is 4.39 Å². The number of aromatic amines is 1. The van der Waals surface area contributed by atoms with Crippen LogP contribution in [0.15, 0.2) is 53.3 Å². The molecule has 0 spiro atoms. The minimum absolute atomic E-state index is 0.112. The van der Waals surface area contributed by atoms with Gasteiger partial charge in [-0.15, -0.1) is 0 Å². The summed E-state index contributed by atoms with van der Waals surface area (Å²) in [5.74, 6) is 0.990. The van der Waals surface area contributed by atoms with Crippen LogP contribution in [0.5, 0.6) is 0 Å². The summed E-state index contributed by atoms with van der Waals surface area (Å²) in [4.78, 5) is 24.5. The minimum atomic E-state index is -0.316. The smallest absolute Gasteiger partial charge is 0.263 e. The molecule has 192 valence electrons. The van der Waals surface area contributed by atoms with E-state index in [1.807, 2.05) is 28.8 Å². The summed E-state index contributed by atoms with van der Waals surface area (Å²) in [6.07, 6.45) is 5.29. The van der Waals surface area contributed by atoms with Crippen molar-refractivity contribution < 1.29 is 4.39 Å². The molecule has 7 nitrogen and oxygen atoms in total. The highest BCUT2D eigenvalue weighted by Gasteiger charge is 2.35. The van der Waals surface area contributed by atoms with Crippen LogP contribution in [0.25, 0.3) is 33.3 Å². The second kappa shape index (κ2) is 9.35. The van der Waals surface area contributed by atoms with Gasteiger partial charge in [-0.25, -0.2) is 9.37 Å². The van der Waals surface area contributed by atoms with Gasteiger partial charge in [0.15, 0.2) is 0 Å². The zero-order valence-electron chi connectivity index (χ0n) is 20.9. The number of rotatable bonds is 4. The van der Waals surface area contributed by atoms with Crippen molar-refractivity contribution in [1.29, 1.82) is 0 Å². The largest absolute Gasteiger partial charge is 0.338 e. The zero-order valence-corrected chi connectivity index (χ0v) is 20.9.